The molecule has 0 radical (unpaired) electrons. The van der Waals surface area contributed by atoms with E-state index in [1.165, 1.54) is 6.92 Å². The van der Waals surface area contributed by atoms with Gasteiger partial charge < -0.3 is 5.73 Å². The highest BCUT2D eigenvalue weighted by atomic mass is 16.2. The maximum Gasteiger partial charge on any atom is 0.368 e. The number of carbonyl (C=O) groups excluding carboxylic acids is 2. The fourth-order valence-corrected chi connectivity index (χ4v) is 0.631. The number of carbonyl (C=O) groups is 2. The molecule has 52 valence electrons. The van der Waals surface area contributed by atoms with E-state index in [4.69, 9.17) is 5.73 Å². The van der Waals surface area contributed by atoms with Crippen LogP contribution in [0.5, 0.6) is 0 Å². The molecule has 0 saturated carbocycles. The van der Waals surface area contributed by atoms with E-state index in [-0.39, 0.29) is 11.4 Å². The topological polar surface area (TPSA) is 84.9 Å². The lowest BCUT2D eigenvalue weighted by atomic mass is 10.2. The molecule has 5 heteroatoms. The van der Waals surface area contributed by atoms with E-state index in [0.717, 1.165) is 0 Å². The fourth-order valence-electron chi connectivity index (χ4n) is 0.631. The first kappa shape index (κ1) is 6.60. The van der Waals surface area contributed by atoms with Crippen LogP contribution in [0.4, 0.5) is 4.79 Å². The van der Waals surface area contributed by atoms with Crippen molar-refractivity contribution in [1.82, 2.24) is 0 Å². The van der Waals surface area contributed by atoms with Gasteiger partial charge in [-0.2, -0.15) is 9.98 Å². The van der Waals surface area contributed by atoms with Crippen molar-refractivity contribution in [1.29, 1.82) is 0 Å². The van der Waals surface area contributed by atoms with Crippen LogP contribution >= 0.6 is 0 Å². The molecular weight excluding hydrogens is 134 g/mol. The van der Waals surface area contributed by atoms with Crippen molar-refractivity contribution >= 4 is 23.4 Å². The third-order valence-electron chi connectivity index (χ3n) is 1.05. The lowest BCUT2D eigenvalue weighted by Crippen LogP contribution is -2.27. The van der Waals surface area contributed by atoms with Crippen molar-refractivity contribution < 1.29 is 9.59 Å². The summed E-state index contributed by atoms with van der Waals surface area (Å²) in [6, 6.07) is -0.661. The average Bonchev–Trinajstić information content (AvgIpc) is 2.10. The van der Waals surface area contributed by atoms with E-state index in [2.05, 4.69) is 9.98 Å². The van der Waals surface area contributed by atoms with Crippen LogP contribution in [0.15, 0.2) is 9.98 Å². The molecule has 0 atom stereocenters. The van der Waals surface area contributed by atoms with Crippen LogP contribution in [0.1, 0.15) is 6.92 Å². The molecule has 0 unspecified atom stereocenters. The first-order valence-corrected chi connectivity index (χ1v) is 2.59. The molecule has 10 heavy (non-hydrogen) atoms. The Bertz CT molecular complexity index is 264. The van der Waals surface area contributed by atoms with Gasteiger partial charge in [0.05, 0.1) is 5.71 Å². The Labute approximate surface area is 56.6 Å². The Kier molecular flexibility index (Phi) is 1.33. The number of urea groups is 1. The summed E-state index contributed by atoms with van der Waals surface area (Å²) in [5.74, 6) is -0.716. The molecule has 0 aromatic carbocycles. The zero-order chi connectivity index (χ0) is 7.72. The van der Waals surface area contributed by atoms with Crippen LogP contribution in [0, 0.1) is 0 Å². The minimum absolute atomic E-state index is 0.0370. The molecule has 0 fully saturated rings. The van der Waals surface area contributed by atoms with E-state index in [0.29, 0.717) is 0 Å². The van der Waals surface area contributed by atoms with Gasteiger partial charge in [0.25, 0.3) is 5.91 Å². The molecule has 0 aromatic heterocycles. The van der Waals surface area contributed by atoms with Crippen molar-refractivity contribution in [2.45, 2.75) is 6.92 Å². The molecule has 1 aliphatic rings. The standard InChI is InChI=1S/C5H5N3O2/c1-2-3(4(6)9)8-5(10)7-2/h1H3,(H2,6,9). The van der Waals surface area contributed by atoms with Crippen LogP contribution in [-0.2, 0) is 4.79 Å². The summed E-state index contributed by atoms with van der Waals surface area (Å²) in [5.41, 5.74) is 5.10. The van der Waals surface area contributed by atoms with Crippen LogP contribution in [0.25, 0.3) is 0 Å². The van der Waals surface area contributed by atoms with Gasteiger partial charge in [-0.25, -0.2) is 4.79 Å². The quantitative estimate of drug-likeness (QED) is 0.531. The number of nitrogens with zero attached hydrogens (tertiary/aromatic N) is 2. The maximum atomic E-state index is 10.4. The van der Waals surface area contributed by atoms with E-state index in [1.54, 1.807) is 0 Å². The minimum Gasteiger partial charge on any atom is -0.364 e. The van der Waals surface area contributed by atoms with Crippen LogP contribution < -0.4 is 5.73 Å². The van der Waals surface area contributed by atoms with Gasteiger partial charge in [0.15, 0.2) is 5.71 Å². The third-order valence-corrected chi connectivity index (χ3v) is 1.05. The number of hydrogen-bond acceptors (Lipinski definition) is 2. The molecular formula is C5H5N3O2. The fraction of sp³-hybridized carbons (Fsp3) is 0.200. The molecule has 0 saturated heterocycles. The summed E-state index contributed by atoms with van der Waals surface area (Å²) in [6.07, 6.45) is 0. The van der Waals surface area contributed by atoms with Crippen LogP contribution in [-0.4, -0.2) is 23.4 Å². The second-order valence-corrected chi connectivity index (χ2v) is 1.80. The average molecular weight is 139 g/mol. The second-order valence-electron chi connectivity index (χ2n) is 1.80. The molecule has 0 spiro atoms. The second kappa shape index (κ2) is 2.02. The van der Waals surface area contributed by atoms with E-state index in [1.807, 2.05) is 0 Å². The maximum absolute atomic E-state index is 10.4. The molecule has 1 rings (SSSR count). The van der Waals surface area contributed by atoms with Crippen molar-refractivity contribution in [2.24, 2.45) is 15.7 Å². The normalized spacial score (nSPS) is 16.7. The highest BCUT2D eigenvalue weighted by Gasteiger charge is 2.19. The SMILES string of the molecule is CC1=NC(=O)N=C1C(N)=O. The number of hydrogen-bond donors (Lipinski definition) is 1. The predicted octanol–water partition coefficient (Wildman–Crippen LogP) is -0.493. The molecule has 0 bridgehead atoms. The Morgan fingerprint density at radius 2 is 2.10 bits per heavy atom. The monoisotopic (exact) mass is 139 g/mol. The van der Waals surface area contributed by atoms with E-state index >= 15 is 0 Å². The van der Waals surface area contributed by atoms with Gasteiger partial charge in [-0.15, -0.1) is 0 Å². The number of amides is 3. The lowest BCUT2D eigenvalue weighted by molar-refractivity contribution is -0.111. The van der Waals surface area contributed by atoms with Crippen LogP contribution in [0.2, 0.25) is 0 Å². The number of nitrogens with two attached hydrogens (primary N) is 1. The summed E-state index contributed by atoms with van der Waals surface area (Å²) in [4.78, 5) is 27.4. The van der Waals surface area contributed by atoms with Crippen molar-refractivity contribution in [2.75, 3.05) is 0 Å². The van der Waals surface area contributed by atoms with Crippen molar-refractivity contribution in [3.05, 3.63) is 0 Å². The number of aliphatic imine (C=N–C) groups is 2. The Morgan fingerprint density at radius 1 is 1.50 bits per heavy atom. The largest absolute Gasteiger partial charge is 0.368 e. The van der Waals surface area contributed by atoms with Gasteiger partial charge in [0.2, 0.25) is 0 Å². The van der Waals surface area contributed by atoms with Gasteiger partial charge in [-0.05, 0) is 6.92 Å². The summed E-state index contributed by atoms with van der Waals surface area (Å²) in [6.45, 7) is 1.51. The summed E-state index contributed by atoms with van der Waals surface area (Å²) in [7, 11) is 0. The smallest absolute Gasteiger partial charge is 0.364 e. The molecule has 5 nitrogen and oxygen atoms in total. The Hall–Kier alpha value is -1.52. The summed E-state index contributed by atoms with van der Waals surface area (Å²) < 4.78 is 0. The Morgan fingerprint density at radius 3 is 2.30 bits per heavy atom. The minimum atomic E-state index is -0.716. The van der Waals surface area contributed by atoms with E-state index < -0.39 is 11.9 Å². The molecule has 0 aliphatic carbocycles. The molecule has 1 aliphatic heterocycles. The van der Waals surface area contributed by atoms with Gasteiger partial charge in [-0.3, -0.25) is 4.79 Å². The van der Waals surface area contributed by atoms with Crippen LogP contribution in [0.3, 0.4) is 0 Å². The number of primary amides is 1. The predicted molar refractivity (Wildman–Crippen MR) is 35.1 cm³/mol. The molecule has 0 aromatic rings. The van der Waals surface area contributed by atoms with Gasteiger partial charge in [0.1, 0.15) is 0 Å². The number of rotatable bonds is 1. The van der Waals surface area contributed by atoms with Gasteiger partial charge in [-0.1, -0.05) is 0 Å². The van der Waals surface area contributed by atoms with Gasteiger partial charge >= 0.3 is 6.03 Å². The van der Waals surface area contributed by atoms with Crippen molar-refractivity contribution in [3.8, 4) is 0 Å². The Balaban J connectivity index is 3.01. The molecule has 3 amide bonds. The summed E-state index contributed by atoms with van der Waals surface area (Å²) >= 11 is 0. The van der Waals surface area contributed by atoms with Crippen molar-refractivity contribution in [3.63, 3.8) is 0 Å². The first-order chi connectivity index (χ1) is 4.61. The highest BCUT2D eigenvalue weighted by Crippen LogP contribution is 1.97. The van der Waals surface area contributed by atoms with Gasteiger partial charge in [0, 0.05) is 0 Å². The zero-order valence-electron chi connectivity index (χ0n) is 5.29. The zero-order valence-corrected chi connectivity index (χ0v) is 5.29. The first-order valence-electron chi connectivity index (χ1n) is 2.59. The molecule has 1 heterocycles. The lowest BCUT2D eigenvalue weighted by Gasteiger charge is -1.88. The molecule has 2 N–H and O–H groups in total. The van der Waals surface area contributed by atoms with E-state index in [9.17, 15) is 9.59 Å². The highest BCUT2D eigenvalue weighted by molar-refractivity contribution is 6.69. The third kappa shape index (κ3) is 0.928. The summed E-state index contributed by atoms with van der Waals surface area (Å²) in [5, 5.41) is 0.